The predicted octanol–water partition coefficient (Wildman–Crippen LogP) is 2.63. The van der Waals surface area contributed by atoms with Gasteiger partial charge in [0.25, 0.3) is 5.91 Å². The first-order chi connectivity index (χ1) is 13.4. The number of ether oxygens (including phenoxy) is 2. The van der Waals surface area contributed by atoms with Crippen molar-refractivity contribution in [3.05, 3.63) is 58.9 Å². The fourth-order valence-electron chi connectivity index (χ4n) is 2.60. The second kappa shape index (κ2) is 10.3. The number of hydrogen-bond acceptors (Lipinski definition) is 4. The summed E-state index contributed by atoms with van der Waals surface area (Å²) in [7, 11) is 3.13. The van der Waals surface area contributed by atoms with Gasteiger partial charge < -0.3 is 20.1 Å². The summed E-state index contributed by atoms with van der Waals surface area (Å²) in [6.45, 7) is 2.19. The minimum Gasteiger partial charge on any atom is -0.493 e. The molecule has 0 atom stereocenters. The van der Waals surface area contributed by atoms with E-state index in [1.807, 2.05) is 12.1 Å². The molecule has 2 aromatic carbocycles. The third kappa shape index (κ3) is 5.97. The van der Waals surface area contributed by atoms with Crippen LogP contribution >= 0.6 is 0 Å². The molecule has 150 valence electrons. The fraction of sp³-hybridized carbons (Fsp3) is 0.333. The number of amides is 2. The molecule has 0 aliphatic heterocycles. The summed E-state index contributed by atoms with van der Waals surface area (Å²) >= 11 is 0. The molecule has 0 spiro atoms. The maximum Gasteiger partial charge on any atom is 0.251 e. The first-order valence-electron chi connectivity index (χ1n) is 8.96. The van der Waals surface area contributed by atoms with Crippen LogP contribution in [-0.2, 0) is 11.2 Å². The highest BCUT2D eigenvalue weighted by Gasteiger charge is 2.09. The van der Waals surface area contributed by atoms with Gasteiger partial charge in [-0.1, -0.05) is 12.1 Å². The number of aryl methyl sites for hydroxylation is 2. The topological polar surface area (TPSA) is 76.7 Å². The van der Waals surface area contributed by atoms with Crippen LogP contribution in [0.1, 0.15) is 27.9 Å². The van der Waals surface area contributed by atoms with E-state index in [0.29, 0.717) is 36.4 Å². The summed E-state index contributed by atoms with van der Waals surface area (Å²) in [5, 5.41) is 5.40. The molecule has 0 aliphatic rings. The summed E-state index contributed by atoms with van der Waals surface area (Å²) in [5.41, 5.74) is 1.70. The molecule has 2 amide bonds. The zero-order valence-electron chi connectivity index (χ0n) is 16.3. The van der Waals surface area contributed by atoms with Crippen molar-refractivity contribution in [3.8, 4) is 11.5 Å². The van der Waals surface area contributed by atoms with Gasteiger partial charge in [-0.05, 0) is 48.7 Å². The first kappa shape index (κ1) is 21.2. The lowest BCUT2D eigenvalue weighted by Crippen LogP contribution is -2.34. The molecule has 0 aliphatic carbocycles. The van der Waals surface area contributed by atoms with E-state index >= 15 is 0 Å². The highest BCUT2D eigenvalue weighted by Crippen LogP contribution is 2.27. The molecule has 0 bridgehead atoms. The number of carbonyl (C=O) groups excluding carboxylic acids is 2. The van der Waals surface area contributed by atoms with Gasteiger partial charge in [-0.3, -0.25) is 9.59 Å². The van der Waals surface area contributed by atoms with Gasteiger partial charge in [0.05, 0.1) is 14.2 Å². The Hall–Kier alpha value is -3.09. The molecular formula is C21H25FN2O4. The van der Waals surface area contributed by atoms with Gasteiger partial charge in [-0.15, -0.1) is 0 Å². The monoisotopic (exact) mass is 388 g/mol. The van der Waals surface area contributed by atoms with Gasteiger partial charge in [-0.25, -0.2) is 4.39 Å². The number of benzene rings is 2. The van der Waals surface area contributed by atoms with Crippen LogP contribution in [0.25, 0.3) is 0 Å². The van der Waals surface area contributed by atoms with Crippen LogP contribution in [0.15, 0.2) is 36.4 Å². The summed E-state index contributed by atoms with van der Waals surface area (Å²) in [6, 6.07) is 9.85. The van der Waals surface area contributed by atoms with E-state index in [1.54, 1.807) is 39.3 Å². The first-order valence-corrected chi connectivity index (χ1v) is 8.96. The molecule has 0 saturated heterocycles. The summed E-state index contributed by atoms with van der Waals surface area (Å²) in [6.07, 6.45) is 0.869. The lowest BCUT2D eigenvalue weighted by Gasteiger charge is -2.10. The van der Waals surface area contributed by atoms with Crippen LogP contribution in [0.2, 0.25) is 0 Å². The Bertz CT molecular complexity index is 839. The smallest absolute Gasteiger partial charge is 0.251 e. The molecule has 0 fully saturated rings. The highest BCUT2D eigenvalue weighted by molar-refractivity contribution is 5.94. The molecular weight excluding hydrogens is 363 g/mol. The molecule has 7 heteroatoms. The van der Waals surface area contributed by atoms with Crippen molar-refractivity contribution in [2.24, 2.45) is 0 Å². The summed E-state index contributed by atoms with van der Waals surface area (Å²) in [4.78, 5) is 23.9. The minimum atomic E-state index is -0.420. The third-order valence-electron chi connectivity index (χ3n) is 4.26. The van der Waals surface area contributed by atoms with Gasteiger partial charge in [0.1, 0.15) is 5.82 Å². The van der Waals surface area contributed by atoms with Gasteiger partial charge in [0.15, 0.2) is 11.5 Å². The molecule has 6 nitrogen and oxygen atoms in total. The third-order valence-corrected chi connectivity index (χ3v) is 4.26. The highest BCUT2D eigenvalue weighted by atomic mass is 19.1. The zero-order valence-corrected chi connectivity index (χ0v) is 16.3. The lowest BCUT2D eigenvalue weighted by molar-refractivity contribution is -0.121. The molecule has 28 heavy (non-hydrogen) atoms. The lowest BCUT2D eigenvalue weighted by atomic mass is 10.1. The van der Waals surface area contributed by atoms with Crippen LogP contribution in [0.3, 0.4) is 0 Å². The van der Waals surface area contributed by atoms with Crippen molar-refractivity contribution >= 4 is 11.8 Å². The molecule has 0 radical (unpaired) electrons. The van der Waals surface area contributed by atoms with E-state index in [2.05, 4.69) is 10.6 Å². The largest absolute Gasteiger partial charge is 0.493 e. The van der Waals surface area contributed by atoms with E-state index < -0.39 is 5.82 Å². The van der Waals surface area contributed by atoms with Crippen LogP contribution in [0, 0.1) is 12.7 Å². The molecule has 0 saturated carbocycles. The number of hydrogen-bond donors (Lipinski definition) is 2. The van der Waals surface area contributed by atoms with Crippen molar-refractivity contribution in [2.75, 3.05) is 27.3 Å². The minimum absolute atomic E-state index is 0.120. The molecule has 2 aromatic rings. The number of halogens is 1. The number of methoxy groups -OCH3 is 2. The van der Waals surface area contributed by atoms with Crippen molar-refractivity contribution in [1.82, 2.24) is 10.6 Å². The number of nitrogens with one attached hydrogen (secondary N) is 2. The molecule has 2 rings (SSSR count). The number of carbonyl (C=O) groups is 2. The van der Waals surface area contributed by atoms with Gasteiger partial charge in [-0.2, -0.15) is 0 Å². The molecule has 0 heterocycles. The van der Waals surface area contributed by atoms with Crippen LogP contribution in [0.5, 0.6) is 11.5 Å². The Morgan fingerprint density at radius 3 is 2.36 bits per heavy atom. The fourth-order valence-corrected chi connectivity index (χ4v) is 2.60. The second-order valence-corrected chi connectivity index (χ2v) is 6.26. The Morgan fingerprint density at radius 1 is 0.964 bits per heavy atom. The quantitative estimate of drug-likeness (QED) is 0.648. The van der Waals surface area contributed by atoms with E-state index in [1.165, 1.54) is 6.07 Å². The second-order valence-electron chi connectivity index (χ2n) is 6.26. The van der Waals surface area contributed by atoms with Crippen molar-refractivity contribution in [1.29, 1.82) is 0 Å². The van der Waals surface area contributed by atoms with Gasteiger partial charge in [0, 0.05) is 25.1 Å². The average Bonchev–Trinajstić information content (AvgIpc) is 2.71. The summed E-state index contributed by atoms with van der Waals surface area (Å²) < 4.78 is 23.9. The maximum absolute atomic E-state index is 13.5. The Balaban J connectivity index is 1.71. The molecule has 0 aromatic heterocycles. The van der Waals surface area contributed by atoms with E-state index in [0.717, 1.165) is 5.56 Å². The Labute approximate surface area is 164 Å². The summed E-state index contributed by atoms with van der Waals surface area (Å²) in [5.74, 6) is 0.343. The van der Waals surface area contributed by atoms with Crippen LogP contribution in [-0.4, -0.2) is 39.1 Å². The van der Waals surface area contributed by atoms with Gasteiger partial charge >= 0.3 is 0 Å². The Kier molecular flexibility index (Phi) is 7.80. The predicted molar refractivity (Wildman–Crippen MR) is 104 cm³/mol. The van der Waals surface area contributed by atoms with E-state index in [9.17, 15) is 14.0 Å². The van der Waals surface area contributed by atoms with Crippen LogP contribution < -0.4 is 20.1 Å². The van der Waals surface area contributed by atoms with Crippen molar-refractivity contribution in [2.45, 2.75) is 19.8 Å². The normalized spacial score (nSPS) is 10.3. The Morgan fingerprint density at radius 2 is 1.68 bits per heavy atom. The van der Waals surface area contributed by atoms with Gasteiger partial charge in [0.2, 0.25) is 5.91 Å². The zero-order chi connectivity index (χ0) is 20.5. The van der Waals surface area contributed by atoms with E-state index in [4.69, 9.17) is 9.47 Å². The average molecular weight is 388 g/mol. The molecule has 0 unspecified atom stereocenters. The number of rotatable bonds is 9. The van der Waals surface area contributed by atoms with E-state index in [-0.39, 0.29) is 23.9 Å². The van der Waals surface area contributed by atoms with Crippen molar-refractivity contribution in [3.63, 3.8) is 0 Å². The van der Waals surface area contributed by atoms with Crippen LogP contribution in [0.4, 0.5) is 4.39 Å². The molecule has 2 N–H and O–H groups in total. The SMILES string of the molecule is COc1ccc(CCC(=O)NCCNC(=O)c2ccc(C)c(F)c2)cc1OC. The standard InChI is InChI=1S/C21H25FN2O4/c1-14-4-7-16(13-17(14)22)21(26)24-11-10-23-20(25)9-6-15-5-8-18(27-2)19(12-15)28-3/h4-5,7-8,12-13H,6,9-11H2,1-3H3,(H,23,25)(H,24,26). The maximum atomic E-state index is 13.5. The van der Waals surface area contributed by atoms with Crippen molar-refractivity contribution < 1.29 is 23.5 Å².